The van der Waals surface area contributed by atoms with E-state index >= 15 is 0 Å². The molecule has 22 heavy (non-hydrogen) atoms. The van der Waals surface area contributed by atoms with Gasteiger partial charge in [-0.05, 0) is 69.1 Å². The number of aryl methyl sites for hydroxylation is 2. The number of hydrogen-bond donors (Lipinski definition) is 1. The summed E-state index contributed by atoms with van der Waals surface area (Å²) in [6, 6.07) is 6.24. The number of likely N-dealkylation sites (tertiary alicyclic amines) is 1. The van der Waals surface area contributed by atoms with Crippen LogP contribution in [0.4, 0.5) is 5.69 Å². The molecule has 120 valence electrons. The fourth-order valence-corrected chi connectivity index (χ4v) is 2.90. The largest absolute Gasteiger partial charge is 0.466 e. The minimum atomic E-state index is -0.0739. The van der Waals surface area contributed by atoms with Crippen molar-refractivity contribution in [2.45, 2.75) is 33.6 Å². The highest BCUT2D eigenvalue weighted by molar-refractivity contribution is 7.80. The summed E-state index contributed by atoms with van der Waals surface area (Å²) in [7, 11) is 0. The molecule has 1 N–H and O–H groups in total. The Hall–Kier alpha value is -1.62. The van der Waals surface area contributed by atoms with Gasteiger partial charge in [0.05, 0.1) is 12.5 Å². The van der Waals surface area contributed by atoms with E-state index in [9.17, 15) is 4.79 Å². The maximum Gasteiger partial charge on any atom is 0.309 e. The quantitative estimate of drug-likeness (QED) is 0.684. The number of rotatable bonds is 3. The Morgan fingerprint density at radius 2 is 2.00 bits per heavy atom. The summed E-state index contributed by atoms with van der Waals surface area (Å²) in [6.45, 7) is 8.06. The van der Waals surface area contributed by atoms with Gasteiger partial charge in [-0.2, -0.15) is 0 Å². The van der Waals surface area contributed by atoms with Crippen molar-refractivity contribution >= 4 is 29.0 Å². The first kappa shape index (κ1) is 16.7. The summed E-state index contributed by atoms with van der Waals surface area (Å²) in [5.41, 5.74) is 3.53. The monoisotopic (exact) mass is 320 g/mol. The van der Waals surface area contributed by atoms with Gasteiger partial charge in [-0.15, -0.1) is 0 Å². The third-order valence-corrected chi connectivity index (χ3v) is 4.52. The van der Waals surface area contributed by atoms with Crippen LogP contribution in [0.2, 0.25) is 0 Å². The summed E-state index contributed by atoms with van der Waals surface area (Å²) >= 11 is 5.49. The number of piperidine rings is 1. The van der Waals surface area contributed by atoms with Crippen LogP contribution in [0.25, 0.3) is 0 Å². The first-order chi connectivity index (χ1) is 10.5. The average Bonchev–Trinajstić information content (AvgIpc) is 2.51. The molecule has 1 heterocycles. The summed E-state index contributed by atoms with van der Waals surface area (Å²) in [4.78, 5) is 13.9. The van der Waals surface area contributed by atoms with Crippen LogP contribution in [-0.4, -0.2) is 35.7 Å². The summed E-state index contributed by atoms with van der Waals surface area (Å²) in [6.07, 6.45) is 1.60. The van der Waals surface area contributed by atoms with Crippen molar-refractivity contribution in [1.82, 2.24) is 4.90 Å². The lowest BCUT2D eigenvalue weighted by Gasteiger charge is -2.32. The van der Waals surface area contributed by atoms with E-state index in [1.807, 2.05) is 13.0 Å². The van der Waals surface area contributed by atoms with Crippen molar-refractivity contribution in [1.29, 1.82) is 0 Å². The van der Waals surface area contributed by atoms with Crippen LogP contribution < -0.4 is 5.32 Å². The van der Waals surface area contributed by atoms with Gasteiger partial charge in [0.15, 0.2) is 5.11 Å². The van der Waals surface area contributed by atoms with Gasteiger partial charge in [-0.25, -0.2) is 0 Å². The van der Waals surface area contributed by atoms with E-state index < -0.39 is 0 Å². The molecule has 1 fully saturated rings. The third-order valence-electron chi connectivity index (χ3n) is 4.16. The van der Waals surface area contributed by atoms with Gasteiger partial charge in [-0.1, -0.05) is 6.07 Å². The molecule has 0 radical (unpaired) electrons. The van der Waals surface area contributed by atoms with Crippen molar-refractivity contribution < 1.29 is 9.53 Å². The topological polar surface area (TPSA) is 41.6 Å². The molecule has 1 aliphatic rings. The molecule has 5 heteroatoms. The van der Waals surface area contributed by atoms with Crippen LogP contribution in [-0.2, 0) is 9.53 Å². The zero-order valence-electron chi connectivity index (χ0n) is 13.5. The minimum Gasteiger partial charge on any atom is -0.466 e. The lowest BCUT2D eigenvalue weighted by Crippen LogP contribution is -2.42. The lowest BCUT2D eigenvalue weighted by atomic mass is 9.97. The van der Waals surface area contributed by atoms with E-state index in [2.05, 4.69) is 36.2 Å². The fraction of sp³-hybridized carbons (Fsp3) is 0.529. The molecule has 1 aromatic carbocycles. The second-order valence-electron chi connectivity index (χ2n) is 5.74. The average molecular weight is 320 g/mol. The normalized spacial score (nSPS) is 15.5. The zero-order valence-corrected chi connectivity index (χ0v) is 14.3. The van der Waals surface area contributed by atoms with Gasteiger partial charge in [0.1, 0.15) is 0 Å². The molecule has 0 saturated carbocycles. The zero-order chi connectivity index (χ0) is 16.1. The smallest absolute Gasteiger partial charge is 0.309 e. The van der Waals surface area contributed by atoms with Crippen molar-refractivity contribution in [3.63, 3.8) is 0 Å². The number of nitrogens with zero attached hydrogens (tertiary/aromatic N) is 1. The highest BCUT2D eigenvalue weighted by Gasteiger charge is 2.26. The van der Waals surface area contributed by atoms with Crippen molar-refractivity contribution in [3.8, 4) is 0 Å². The summed E-state index contributed by atoms with van der Waals surface area (Å²) in [5.74, 6) is -0.0594. The Morgan fingerprint density at radius 1 is 1.32 bits per heavy atom. The summed E-state index contributed by atoms with van der Waals surface area (Å²) < 4.78 is 5.09. The number of hydrogen-bond acceptors (Lipinski definition) is 3. The number of thiocarbonyl (C=S) groups is 1. The molecule has 4 nitrogen and oxygen atoms in total. The number of nitrogens with one attached hydrogen (secondary N) is 1. The van der Waals surface area contributed by atoms with Gasteiger partial charge in [0, 0.05) is 18.8 Å². The number of carbonyl (C=O) groups excluding carboxylic acids is 1. The summed E-state index contributed by atoms with van der Waals surface area (Å²) in [5, 5.41) is 4.02. The number of carbonyl (C=O) groups is 1. The lowest BCUT2D eigenvalue weighted by molar-refractivity contribution is -0.149. The Bertz CT molecular complexity index is 552. The van der Waals surface area contributed by atoms with E-state index in [1.54, 1.807) is 0 Å². The first-order valence-corrected chi connectivity index (χ1v) is 8.22. The molecule has 0 amide bonds. The van der Waals surface area contributed by atoms with Crippen LogP contribution in [0, 0.1) is 19.8 Å². The van der Waals surface area contributed by atoms with Gasteiger partial charge >= 0.3 is 5.97 Å². The second-order valence-corrected chi connectivity index (χ2v) is 6.13. The molecule has 0 aliphatic carbocycles. The first-order valence-electron chi connectivity index (χ1n) is 7.81. The van der Waals surface area contributed by atoms with E-state index in [0.29, 0.717) is 6.61 Å². The maximum atomic E-state index is 11.7. The number of anilines is 1. The minimum absolute atomic E-state index is 0.0145. The van der Waals surface area contributed by atoms with Crippen LogP contribution in [0.1, 0.15) is 30.9 Å². The Balaban J connectivity index is 1.87. The Labute approximate surface area is 137 Å². The number of benzene rings is 1. The maximum absolute atomic E-state index is 11.7. The SMILES string of the molecule is CCOC(=O)C1CCN(C(=S)Nc2ccc(C)c(C)c2)CC1. The Kier molecular flexibility index (Phi) is 5.77. The van der Waals surface area contributed by atoms with E-state index in [-0.39, 0.29) is 11.9 Å². The molecular formula is C17H24N2O2S. The molecule has 0 unspecified atom stereocenters. The van der Waals surface area contributed by atoms with Gasteiger partial charge in [0.2, 0.25) is 0 Å². The second kappa shape index (κ2) is 7.58. The number of ether oxygens (including phenoxy) is 1. The van der Waals surface area contributed by atoms with Gasteiger partial charge < -0.3 is 15.0 Å². The van der Waals surface area contributed by atoms with Crippen molar-refractivity contribution in [2.24, 2.45) is 5.92 Å². The van der Waals surface area contributed by atoms with Gasteiger partial charge in [0.25, 0.3) is 0 Å². The Morgan fingerprint density at radius 3 is 2.59 bits per heavy atom. The molecule has 1 aliphatic heterocycles. The molecule has 0 atom stereocenters. The van der Waals surface area contributed by atoms with Crippen LogP contribution in [0.5, 0.6) is 0 Å². The highest BCUT2D eigenvalue weighted by Crippen LogP contribution is 2.20. The van der Waals surface area contributed by atoms with Crippen molar-refractivity contribution in [3.05, 3.63) is 29.3 Å². The highest BCUT2D eigenvalue weighted by atomic mass is 32.1. The fourth-order valence-electron chi connectivity index (χ4n) is 2.60. The molecular weight excluding hydrogens is 296 g/mol. The van der Waals surface area contributed by atoms with Gasteiger partial charge in [-0.3, -0.25) is 4.79 Å². The van der Waals surface area contributed by atoms with E-state index in [0.717, 1.165) is 36.7 Å². The van der Waals surface area contributed by atoms with Crippen molar-refractivity contribution in [2.75, 3.05) is 25.0 Å². The number of esters is 1. The standard InChI is InChI=1S/C17H24N2O2S/c1-4-21-16(20)14-7-9-19(10-8-14)17(22)18-15-6-5-12(2)13(3)11-15/h5-6,11,14H,4,7-10H2,1-3H3,(H,18,22). The van der Waals surface area contributed by atoms with Crippen LogP contribution >= 0.6 is 12.2 Å². The molecule has 1 aromatic rings. The molecule has 0 spiro atoms. The predicted molar refractivity (Wildman–Crippen MR) is 93.1 cm³/mol. The molecule has 1 saturated heterocycles. The molecule has 0 aromatic heterocycles. The molecule has 0 bridgehead atoms. The van der Waals surface area contributed by atoms with E-state index in [1.165, 1.54) is 11.1 Å². The predicted octanol–water partition coefficient (Wildman–Crippen LogP) is 3.28. The third kappa shape index (κ3) is 4.19. The van der Waals surface area contributed by atoms with E-state index in [4.69, 9.17) is 17.0 Å². The van der Waals surface area contributed by atoms with Crippen LogP contribution in [0.15, 0.2) is 18.2 Å². The van der Waals surface area contributed by atoms with Crippen LogP contribution in [0.3, 0.4) is 0 Å². The molecule has 2 rings (SSSR count).